The molecular formula is C16H21F2NO3. The number of nitrogens with zero attached hydrogens (tertiary/aromatic N) is 1. The Bertz CT molecular complexity index is 532. The van der Waals surface area contributed by atoms with Crippen LogP contribution in [0.1, 0.15) is 38.7 Å². The number of carbonyl (C=O) groups excluding carboxylic acids is 1. The maximum absolute atomic E-state index is 13.2. The fraction of sp³-hybridized carbons (Fsp3) is 0.500. The highest BCUT2D eigenvalue weighted by Gasteiger charge is 2.16. The highest BCUT2D eigenvalue weighted by molar-refractivity contribution is 5.77. The molecule has 6 heteroatoms. The van der Waals surface area contributed by atoms with Crippen LogP contribution in [0.5, 0.6) is 0 Å². The van der Waals surface area contributed by atoms with Crippen molar-refractivity contribution in [2.45, 2.75) is 39.7 Å². The topological polar surface area (TPSA) is 57.6 Å². The third-order valence-electron chi connectivity index (χ3n) is 3.24. The summed E-state index contributed by atoms with van der Waals surface area (Å²) in [6.45, 7) is 4.10. The van der Waals surface area contributed by atoms with Crippen molar-refractivity contribution < 1.29 is 23.5 Å². The lowest BCUT2D eigenvalue weighted by molar-refractivity contribution is -0.138. The average Bonchev–Trinajstić information content (AvgIpc) is 2.44. The molecule has 0 atom stereocenters. The number of benzene rings is 1. The van der Waals surface area contributed by atoms with E-state index in [0.29, 0.717) is 24.3 Å². The second-order valence-corrected chi connectivity index (χ2v) is 5.64. The number of hydrogen-bond donors (Lipinski definition) is 1. The van der Waals surface area contributed by atoms with E-state index >= 15 is 0 Å². The monoisotopic (exact) mass is 313 g/mol. The molecule has 0 radical (unpaired) electrons. The van der Waals surface area contributed by atoms with E-state index in [1.807, 2.05) is 13.8 Å². The summed E-state index contributed by atoms with van der Waals surface area (Å²) in [7, 11) is 0. The summed E-state index contributed by atoms with van der Waals surface area (Å²) in [4.78, 5) is 24.3. The van der Waals surface area contributed by atoms with E-state index in [0.717, 1.165) is 12.1 Å². The molecule has 0 aliphatic carbocycles. The van der Waals surface area contributed by atoms with Gasteiger partial charge in [-0.15, -0.1) is 0 Å². The molecule has 4 nitrogen and oxygen atoms in total. The van der Waals surface area contributed by atoms with E-state index in [9.17, 15) is 18.4 Å². The molecule has 0 saturated heterocycles. The van der Waals surface area contributed by atoms with E-state index in [4.69, 9.17) is 5.11 Å². The first-order valence-corrected chi connectivity index (χ1v) is 7.23. The van der Waals surface area contributed by atoms with Gasteiger partial charge < -0.3 is 10.0 Å². The lowest BCUT2D eigenvalue weighted by Gasteiger charge is -2.22. The Morgan fingerprint density at radius 1 is 1.18 bits per heavy atom. The number of carbonyl (C=O) groups is 2. The minimum Gasteiger partial charge on any atom is -0.481 e. The summed E-state index contributed by atoms with van der Waals surface area (Å²) in [6.07, 6.45) is 0.818. The molecule has 1 N–H and O–H groups in total. The number of carboxylic acids is 1. The van der Waals surface area contributed by atoms with Crippen LogP contribution in [0, 0.1) is 17.6 Å². The first-order valence-electron chi connectivity index (χ1n) is 7.23. The van der Waals surface area contributed by atoms with Crippen molar-refractivity contribution in [2.24, 2.45) is 5.92 Å². The van der Waals surface area contributed by atoms with Gasteiger partial charge in [-0.1, -0.05) is 19.9 Å². The average molecular weight is 313 g/mol. The van der Waals surface area contributed by atoms with Crippen molar-refractivity contribution in [2.75, 3.05) is 6.54 Å². The molecule has 0 fully saturated rings. The Hall–Kier alpha value is -1.98. The van der Waals surface area contributed by atoms with Crippen LogP contribution in [0.4, 0.5) is 8.78 Å². The SMILES string of the molecule is CC(C)CCC(=O)N(CCC(=O)O)Cc1ccc(F)c(F)c1. The van der Waals surface area contributed by atoms with E-state index in [1.165, 1.54) is 11.0 Å². The summed E-state index contributed by atoms with van der Waals surface area (Å²) in [5, 5.41) is 8.76. The minimum atomic E-state index is -1.01. The molecule has 1 rings (SSSR count). The molecule has 0 saturated carbocycles. The van der Waals surface area contributed by atoms with Gasteiger partial charge in [-0.05, 0) is 30.0 Å². The number of halogens is 2. The quantitative estimate of drug-likeness (QED) is 0.802. The molecule has 1 aromatic carbocycles. The van der Waals surface area contributed by atoms with Crippen molar-refractivity contribution >= 4 is 11.9 Å². The van der Waals surface area contributed by atoms with Gasteiger partial charge in [0.25, 0.3) is 0 Å². The number of hydrogen-bond acceptors (Lipinski definition) is 2. The van der Waals surface area contributed by atoms with Crippen LogP contribution in [-0.4, -0.2) is 28.4 Å². The van der Waals surface area contributed by atoms with Crippen LogP contribution in [-0.2, 0) is 16.1 Å². The zero-order valence-corrected chi connectivity index (χ0v) is 12.8. The highest BCUT2D eigenvalue weighted by Crippen LogP contribution is 2.14. The molecular weight excluding hydrogens is 292 g/mol. The normalized spacial score (nSPS) is 10.8. The van der Waals surface area contributed by atoms with Crippen LogP contribution < -0.4 is 0 Å². The third kappa shape index (κ3) is 6.20. The van der Waals surface area contributed by atoms with E-state index in [2.05, 4.69) is 0 Å². The fourth-order valence-corrected chi connectivity index (χ4v) is 1.95. The number of amides is 1. The Morgan fingerprint density at radius 2 is 1.86 bits per heavy atom. The number of aliphatic carboxylic acids is 1. The van der Waals surface area contributed by atoms with Gasteiger partial charge in [0.15, 0.2) is 11.6 Å². The zero-order chi connectivity index (χ0) is 16.7. The van der Waals surface area contributed by atoms with Crippen LogP contribution in [0.2, 0.25) is 0 Å². The molecule has 0 heterocycles. The second kappa shape index (κ2) is 8.46. The van der Waals surface area contributed by atoms with Gasteiger partial charge in [-0.2, -0.15) is 0 Å². The molecule has 0 aliphatic rings. The highest BCUT2D eigenvalue weighted by atomic mass is 19.2. The second-order valence-electron chi connectivity index (χ2n) is 5.64. The number of carboxylic acid groups (broad SMARTS) is 1. The van der Waals surface area contributed by atoms with Crippen LogP contribution in [0.25, 0.3) is 0 Å². The Balaban J connectivity index is 2.77. The minimum absolute atomic E-state index is 0.0469. The Kier molecular flexibility index (Phi) is 6.95. The van der Waals surface area contributed by atoms with Gasteiger partial charge in [0.2, 0.25) is 5.91 Å². The summed E-state index contributed by atoms with van der Waals surface area (Å²) >= 11 is 0. The van der Waals surface area contributed by atoms with Gasteiger partial charge >= 0.3 is 5.97 Å². The molecule has 1 aromatic rings. The fourth-order valence-electron chi connectivity index (χ4n) is 1.95. The Morgan fingerprint density at radius 3 is 2.41 bits per heavy atom. The van der Waals surface area contributed by atoms with Crippen LogP contribution in [0.3, 0.4) is 0 Å². The standard InChI is InChI=1S/C16H21F2NO3/c1-11(2)3-6-15(20)19(8-7-16(21)22)10-12-4-5-13(17)14(18)9-12/h4-5,9,11H,3,6-8,10H2,1-2H3,(H,21,22). The van der Waals surface area contributed by atoms with Crippen molar-refractivity contribution in [3.8, 4) is 0 Å². The van der Waals surface area contributed by atoms with E-state index in [1.54, 1.807) is 0 Å². The van der Waals surface area contributed by atoms with Crippen LogP contribution >= 0.6 is 0 Å². The van der Waals surface area contributed by atoms with E-state index < -0.39 is 17.6 Å². The van der Waals surface area contributed by atoms with Gasteiger partial charge in [0.05, 0.1) is 6.42 Å². The molecule has 0 bridgehead atoms. The third-order valence-corrected chi connectivity index (χ3v) is 3.24. The molecule has 1 amide bonds. The van der Waals surface area contributed by atoms with Crippen molar-refractivity contribution in [3.63, 3.8) is 0 Å². The lowest BCUT2D eigenvalue weighted by atomic mass is 10.1. The maximum Gasteiger partial charge on any atom is 0.305 e. The van der Waals surface area contributed by atoms with Gasteiger partial charge in [-0.3, -0.25) is 9.59 Å². The predicted molar refractivity (Wildman–Crippen MR) is 78.1 cm³/mol. The van der Waals surface area contributed by atoms with Gasteiger partial charge in [0, 0.05) is 19.5 Å². The molecule has 22 heavy (non-hydrogen) atoms. The first kappa shape index (κ1) is 18.1. The summed E-state index contributed by atoms with van der Waals surface area (Å²) < 4.78 is 26.2. The zero-order valence-electron chi connectivity index (χ0n) is 12.8. The van der Waals surface area contributed by atoms with Crippen molar-refractivity contribution in [1.29, 1.82) is 0 Å². The molecule has 0 aromatic heterocycles. The largest absolute Gasteiger partial charge is 0.481 e. The van der Waals surface area contributed by atoms with Crippen LogP contribution in [0.15, 0.2) is 18.2 Å². The van der Waals surface area contributed by atoms with E-state index in [-0.39, 0.29) is 25.4 Å². The van der Waals surface area contributed by atoms with Gasteiger partial charge in [0.1, 0.15) is 0 Å². The summed E-state index contributed by atoms with van der Waals surface area (Å²) in [6, 6.07) is 3.42. The number of rotatable bonds is 8. The Labute approximate surface area is 128 Å². The van der Waals surface area contributed by atoms with Crippen molar-refractivity contribution in [3.05, 3.63) is 35.4 Å². The van der Waals surface area contributed by atoms with Gasteiger partial charge in [-0.25, -0.2) is 8.78 Å². The smallest absolute Gasteiger partial charge is 0.305 e. The maximum atomic E-state index is 13.2. The molecule has 0 unspecified atom stereocenters. The summed E-state index contributed by atoms with van der Waals surface area (Å²) in [5.74, 6) is -2.77. The van der Waals surface area contributed by atoms with Crippen molar-refractivity contribution in [1.82, 2.24) is 4.90 Å². The molecule has 0 aliphatic heterocycles. The lowest BCUT2D eigenvalue weighted by Crippen LogP contribution is -2.32. The molecule has 122 valence electrons. The molecule has 0 spiro atoms. The predicted octanol–water partition coefficient (Wildman–Crippen LogP) is 3.20. The summed E-state index contributed by atoms with van der Waals surface area (Å²) in [5.41, 5.74) is 0.433. The first-order chi connectivity index (χ1) is 10.3.